The summed E-state index contributed by atoms with van der Waals surface area (Å²) in [5.74, 6) is 0. The van der Waals surface area contributed by atoms with Crippen LogP contribution in [-0.2, 0) is 11.3 Å². The molecule has 0 spiro atoms. The molecule has 1 aromatic heterocycles. The quantitative estimate of drug-likeness (QED) is 0.874. The van der Waals surface area contributed by atoms with Crippen molar-refractivity contribution in [1.82, 2.24) is 5.32 Å². The highest BCUT2D eigenvalue weighted by atomic mass is 32.1. The van der Waals surface area contributed by atoms with Crippen LogP contribution < -0.4 is 5.32 Å². The zero-order chi connectivity index (χ0) is 11.8. The van der Waals surface area contributed by atoms with Crippen LogP contribution in [0.3, 0.4) is 0 Å². The molecule has 0 amide bonds. The maximum atomic E-state index is 6.06. The van der Waals surface area contributed by atoms with E-state index in [0.717, 1.165) is 13.0 Å². The molecule has 2 nitrogen and oxygen atoms in total. The average Bonchev–Trinajstić information content (AvgIpc) is 2.67. The topological polar surface area (TPSA) is 21.3 Å². The van der Waals surface area contributed by atoms with Gasteiger partial charge in [0.05, 0.1) is 11.2 Å². The first kappa shape index (κ1) is 12.1. The molecule has 1 unspecified atom stereocenters. The Bertz CT molecular complexity index is 343. The third-order valence-corrected chi connectivity index (χ3v) is 3.94. The number of hydrogen-bond acceptors (Lipinski definition) is 3. The standard InChI is InChI=1S/C13H21NOS/c1-12(2)7-11(13(3,4)15-12)14-8-10-5-6-16-9-10/h5-6,9,11,14H,7-8H2,1-4H3. The van der Waals surface area contributed by atoms with Gasteiger partial charge in [-0.3, -0.25) is 0 Å². The maximum Gasteiger partial charge on any atom is 0.0787 e. The van der Waals surface area contributed by atoms with Crippen LogP contribution in [0.25, 0.3) is 0 Å². The molecule has 0 bridgehead atoms. The molecule has 1 aromatic rings. The minimum Gasteiger partial charge on any atom is -0.368 e. The summed E-state index contributed by atoms with van der Waals surface area (Å²) in [6.07, 6.45) is 1.07. The van der Waals surface area contributed by atoms with E-state index >= 15 is 0 Å². The number of nitrogens with one attached hydrogen (secondary N) is 1. The van der Waals surface area contributed by atoms with E-state index in [0.29, 0.717) is 6.04 Å². The second-order valence-electron chi connectivity index (χ2n) is 5.73. The van der Waals surface area contributed by atoms with Crippen LogP contribution in [0.1, 0.15) is 39.7 Å². The first-order chi connectivity index (χ1) is 7.39. The molecule has 0 aromatic carbocycles. The molecule has 1 aliphatic rings. The average molecular weight is 239 g/mol. The van der Waals surface area contributed by atoms with Gasteiger partial charge < -0.3 is 10.1 Å². The van der Waals surface area contributed by atoms with E-state index in [-0.39, 0.29) is 11.2 Å². The highest BCUT2D eigenvalue weighted by Gasteiger charge is 2.45. The predicted octanol–water partition coefficient (Wildman–Crippen LogP) is 3.18. The van der Waals surface area contributed by atoms with Crippen molar-refractivity contribution in [3.8, 4) is 0 Å². The van der Waals surface area contributed by atoms with E-state index in [4.69, 9.17) is 4.74 Å². The largest absolute Gasteiger partial charge is 0.368 e. The van der Waals surface area contributed by atoms with E-state index in [2.05, 4.69) is 49.8 Å². The fraction of sp³-hybridized carbons (Fsp3) is 0.692. The van der Waals surface area contributed by atoms with E-state index in [9.17, 15) is 0 Å². The lowest BCUT2D eigenvalue weighted by atomic mass is 9.94. The molecule has 90 valence electrons. The summed E-state index contributed by atoms with van der Waals surface area (Å²) in [6, 6.07) is 2.61. The molecule has 2 heterocycles. The van der Waals surface area contributed by atoms with Crippen molar-refractivity contribution in [2.45, 2.75) is 57.9 Å². The van der Waals surface area contributed by atoms with Crippen molar-refractivity contribution in [2.75, 3.05) is 0 Å². The van der Waals surface area contributed by atoms with Gasteiger partial charge in [-0.25, -0.2) is 0 Å². The molecular formula is C13H21NOS. The van der Waals surface area contributed by atoms with Gasteiger partial charge in [0.15, 0.2) is 0 Å². The van der Waals surface area contributed by atoms with Crippen molar-refractivity contribution >= 4 is 11.3 Å². The van der Waals surface area contributed by atoms with Gasteiger partial charge in [-0.2, -0.15) is 11.3 Å². The van der Waals surface area contributed by atoms with Gasteiger partial charge in [-0.05, 0) is 56.5 Å². The summed E-state index contributed by atoms with van der Waals surface area (Å²) >= 11 is 1.75. The van der Waals surface area contributed by atoms with Crippen molar-refractivity contribution < 1.29 is 4.74 Å². The second-order valence-corrected chi connectivity index (χ2v) is 6.51. The Morgan fingerprint density at radius 3 is 2.69 bits per heavy atom. The third kappa shape index (κ3) is 2.65. The lowest BCUT2D eigenvalue weighted by Crippen LogP contribution is -2.42. The van der Waals surface area contributed by atoms with Gasteiger partial charge in [0.2, 0.25) is 0 Å². The Labute approximate surface area is 102 Å². The van der Waals surface area contributed by atoms with E-state index in [1.165, 1.54) is 5.56 Å². The molecule has 0 saturated carbocycles. The van der Waals surface area contributed by atoms with Crippen molar-refractivity contribution in [3.05, 3.63) is 22.4 Å². The van der Waals surface area contributed by atoms with E-state index in [1.807, 2.05) is 0 Å². The highest BCUT2D eigenvalue weighted by Crippen LogP contribution is 2.37. The van der Waals surface area contributed by atoms with Gasteiger partial charge >= 0.3 is 0 Å². The monoisotopic (exact) mass is 239 g/mol. The van der Waals surface area contributed by atoms with Gasteiger partial charge in [0.1, 0.15) is 0 Å². The van der Waals surface area contributed by atoms with Gasteiger partial charge in [-0.1, -0.05) is 0 Å². The van der Waals surface area contributed by atoms with Gasteiger partial charge in [-0.15, -0.1) is 0 Å². The Kier molecular flexibility index (Phi) is 3.12. The minimum atomic E-state index is -0.0699. The molecule has 1 saturated heterocycles. The summed E-state index contributed by atoms with van der Waals surface area (Å²) < 4.78 is 6.06. The molecule has 1 fully saturated rings. The summed E-state index contributed by atoms with van der Waals surface area (Å²) in [5.41, 5.74) is 1.29. The minimum absolute atomic E-state index is 0.00415. The molecule has 3 heteroatoms. The molecule has 0 aliphatic carbocycles. The van der Waals surface area contributed by atoms with Crippen molar-refractivity contribution in [2.24, 2.45) is 0 Å². The van der Waals surface area contributed by atoms with Gasteiger partial charge in [0.25, 0.3) is 0 Å². The zero-order valence-corrected chi connectivity index (χ0v) is 11.4. The summed E-state index contributed by atoms with van der Waals surface area (Å²) in [6.45, 7) is 9.62. The third-order valence-electron chi connectivity index (χ3n) is 3.21. The normalized spacial score (nSPS) is 27.1. The lowest BCUT2D eigenvalue weighted by Gasteiger charge is -2.27. The van der Waals surface area contributed by atoms with E-state index in [1.54, 1.807) is 11.3 Å². The molecule has 2 rings (SSSR count). The van der Waals surface area contributed by atoms with Crippen LogP contribution in [0.4, 0.5) is 0 Å². The maximum absolute atomic E-state index is 6.06. The van der Waals surface area contributed by atoms with Crippen LogP contribution in [0.5, 0.6) is 0 Å². The molecule has 1 aliphatic heterocycles. The smallest absolute Gasteiger partial charge is 0.0787 e. The van der Waals surface area contributed by atoms with Crippen LogP contribution in [0, 0.1) is 0 Å². The fourth-order valence-electron chi connectivity index (χ4n) is 2.51. The van der Waals surface area contributed by atoms with Crippen molar-refractivity contribution in [3.63, 3.8) is 0 Å². The van der Waals surface area contributed by atoms with Crippen molar-refractivity contribution in [1.29, 1.82) is 0 Å². The van der Waals surface area contributed by atoms with Gasteiger partial charge in [0, 0.05) is 12.6 Å². The molecule has 0 radical (unpaired) electrons. The molecule has 1 N–H and O–H groups in total. The van der Waals surface area contributed by atoms with Crippen LogP contribution in [0.2, 0.25) is 0 Å². The number of ether oxygens (including phenoxy) is 1. The lowest BCUT2D eigenvalue weighted by molar-refractivity contribution is -0.0699. The summed E-state index contributed by atoms with van der Waals surface area (Å²) in [7, 11) is 0. The Balaban J connectivity index is 1.95. The SMILES string of the molecule is CC1(C)CC(NCc2ccsc2)C(C)(C)O1. The fourth-order valence-corrected chi connectivity index (χ4v) is 3.18. The van der Waals surface area contributed by atoms with Crippen LogP contribution in [-0.4, -0.2) is 17.2 Å². The summed E-state index contributed by atoms with van der Waals surface area (Å²) in [5, 5.41) is 7.93. The Hall–Kier alpha value is -0.380. The Morgan fingerprint density at radius 1 is 1.44 bits per heavy atom. The van der Waals surface area contributed by atoms with Crippen LogP contribution in [0.15, 0.2) is 16.8 Å². The first-order valence-corrected chi connectivity index (χ1v) is 6.78. The number of hydrogen-bond donors (Lipinski definition) is 1. The van der Waals surface area contributed by atoms with Crippen LogP contribution >= 0.6 is 11.3 Å². The first-order valence-electron chi connectivity index (χ1n) is 5.84. The zero-order valence-electron chi connectivity index (χ0n) is 10.5. The molecule has 16 heavy (non-hydrogen) atoms. The Morgan fingerprint density at radius 2 is 2.19 bits per heavy atom. The molecular weight excluding hydrogens is 218 g/mol. The summed E-state index contributed by atoms with van der Waals surface area (Å²) in [4.78, 5) is 0. The second kappa shape index (κ2) is 4.13. The highest BCUT2D eigenvalue weighted by molar-refractivity contribution is 7.07. The number of rotatable bonds is 3. The molecule has 1 atom stereocenters. The number of thiophene rings is 1. The van der Waals surface area contributed by atoms with E-state index < -0.39 is 0 Å². The predicted molar refractivity (Wildman–Crippen MR) is 68.8 cm³/mol.